The van der Waals surface area contributed by atoms with Gasteiger partial charge in [0.25, 0.3) is 0 Å². The maximum atomic E-state index is 15.0. The second-order valence-electron chi connectivity index (χ2n) is 7.73. The van der Waals surface area contributed by atoms with Crippen molar-refractivity contribution in [3.63, 3.8) is 0 Å². The summed E-state index contributed by atoms with van der Waals surface area (Å²) in [6.07, 6.45) is 1.43. The normalized spacial score (nSPS) is 11.4. The van der Waals surface area contributed by atoms with E-state index in [1.807, 2.05) is 13.3 Å². The summed E-state index contributed by atoms with van der Waals surface area (Å²) in [5.74, 6) is -3.01. The van der Waals surface area contributed by atoms with Gasteiger partial charge >= 0.3 is 0 Å². The number of nitrogens with zero attached hydrogens (tertiary/aromatic N) is 2. The first-order valence-electron chi connectivity index (χ1n) is 9.96. The number of nitrogens with one attached hydrogen (secondary N) is 1. The minimum atomic E-state index is -0.962. The SMILES string of the molecule is Cc1nc2cc(F)c(-c3cnc(P(C)C)c(F)c3)cc2c(NCc2cccc(F)c2F)c1Cl. The van der Waals surface area contributed by atoms with Gasteiger partial charge in [-0.05, 0) is 38.5 Å². The maximum absolute atomic E-state index is 15.0. The quantitative estimate of drug-likeness (QED) is 0.246. The molecule has 0 aliphatic carbocycles. The van der Waals surface area contributed by atoms with Gasteiger partial charge in [0.05, 0.1) is 27.4 Å². The molecule has 2 aromatic heterocycles. The van der Waals surface area contributed by atoms with Crippen molar-refractivity contribution in [2.45, 2.75) is 13.5 Å². The van der Waals surface area contributed by atoms with Crippen molar-refractivity contribution in [2.75, 3.05) is 18.6 Å². The van der Waals surface area contributed by atoms with Gasteiger partial charge < -0.3 is 5.32 Å². The summed E-state index contributed by atoms with van der Waals surface area (Å²) in [6, 6.07) is 7.89. The lowest BCUT2D eigenvalue weighted by atomic mass is 10.0. The lowest BCUT2D eigenvalue weighted by Gasteiger charge is -2.16. The lowest BCUT2D eigenvalue weighted by molar-refractivity contribution is 0.500. The Balaban J connectivity index is 1.82. The first-order valence-corrected chi connectivity index (χ1v) is 12.6. The van der Waals surface area contributed by atoms with E-state index in [1.165, 1.54) is 36.5 Å². The molecule has 0 unspecified atom stereocenters. The molecule has 0 aliphatic heterocycles. The Hall–Kier alpha value is -2.76. The van der Waals surface area contributed by atoms with Crippen molar-refractivity contribution in [2.24, 2.45) is 0 Å². The van der Waals surface area contributed by atoms with Crippen LogP contribution in [0.25, 0.3) is 22.0 Å². The van der Waals surface area contributed by atoms with Crippen molar-refractivity contribution < 1.29 is 17.6 Å². The molecule has 0 saturated heterocycles. The first-order chi connectivity index (χ1) is 15.7. The second-order valence-corrected chi connectivity index (χ2v) is 10.3. The van der Waals surface area contributed by atoms with Gasteiger partial charge in [0.15, 0.2) is 11.6 Å². The van der Waals surface area contributed by atoms with E-state index in [-0.39, 0.29) is 28.3 Å². The van der Waals surface area contributed by atoms with Crippen molar-refractivity contribution in [1.29, 1.82) is 0 Å². The predicted molar refractivity (Wildman–Crippen MR) is 127 cm³/mol. The number of anilines is 1. The third kappa shape index (κ3) is 4.53. The Morgan fingerprint density at radius 1 is 1.00 bits per heavy atom. The van der Waals surface area contributed by atoms with E-state index in [9.17, 15) is 17.6 Å². The van der Waals surface area contributed by atoms with Gasteiger partial charge in [0, 0.05) is 40.9 Å². The number of hydrogen-bond acceptors (Lipinski definition) is 3. The van der Waals surface area contributed by atoms with Crippen LogP contribution in [0.3, 0.4) is 0 Å². The minimum absolute atomic E-state index is 0.0595. The van der Waals surface area contributed by atoms with Gasteiger partial charge in [-0.15, -0.1) is 0 Å². The summed E-state index contributed by atoms with van der Waals surface area (Å²) in [7, 11) is -0.754. The molecule has 33 heavy (non-hydrogen) atoms. The largest absolute Gasteiger partial charge is 0.379 e. The molecule has 0 fully saturated rings. The standard InChI is InChI=1S/C24H19ClF4N3P/c1-12-21(25)23(30-10-13-5-4-6-17(26)22(13)29)16-8-15(18(27)9-20(16)32-12)14-7-19(28)24(31-11-14)33(2)3/h4-9,11H,10H2,1-3H3,(H,30,32). The number of rotatable bonds is 5. The molecule has 0 spiro atoms. The number of pyridine rings is 2. The van der Waals surface area contributed by atoms with Crippen LogP contribution in [0.4, 0.5) is 23.2 Å². The van der Waals surface area contributed by atoms with Crippen molar-refractivity contribution in [3.8, 4) is 11.1 Å². The van der Waals surface area contributed by atoms with Crippen LogP contribution in [0.1, 0.15) is 11.3 Å². The summed E-state index contributed by atoms with van der Waals surface area (Å²) in [5.41, 5.74) is 2.00. The molecule has 0 saturated carbocycles. The molecule has 170 valence electrons. The molecular formula is C24H19ClF4N3P. The summed E-state index contributed by atoms with van der Waals surface area (Å²) in [5, 5.41) is 3.74. The van der Waals surface area contributed by atoms with Crippen LogP contribution in [0.15, 0.2) is 42.6 Å². The van der Waals surface area contributed by atoms with E-state index in [1.54, 1.807) is 6.92 Å². The van der Waals surface area contributed by atoms with Gasteiger partial charge in [0.1, 0.15) is 11.6 Å². The Bertz CT molecular complexity index is 1380. The molecule has 3 nitrogen and oxygen atoms in total. The Kier molecular flexibility index (Phi) is 6.55. The second kappa shape index (κ2) is 9.24. The maximum Gasteiger partial charge on any atom is 0.163 e. The van der Waals surface area contributed by atoms with E-state index in [0.29, 0.717) is 27.7 Å². The van der Waals surface area contributed by atoms with Crippen molar-refractivity contribution >= 4 is 41.5 Å². The Morgan fingerprint density at radius 3 is 2.45 bits per heavy atom. The topological polar surface area (TPSA) is 37.8 Å². The van der Waals surface area contributed by atoms with Gasteiger partial charge in [-0.1, -0.05) is 31.7 Å². The molecule has 2 heterocycles. The summed E-state index contributed by atoms with van der Waals surface area (Å²) < 4.78 is 57.2. The highest BCUT2D eigenvalue weighted by Crippen LogP contribution is 2.37. The predicted octanol–water partition coefficient (Wildman–Crippen LogP) is 6.79. The monoisotopic (exact) mass is 491 g/mol. The summed E-state index contributed by atoms with van der Waals surface area (Å²) in [4.78, 5) is 8.52. The molecule has 0 amide bonds. The number of aryl methyl sites for hydroxylation is 1. The average molecular weight is 492 g/mol. The number of benzene rings is 2. The zero-order chi connectivity index (χ0) is 23.9. The molecule has 0 bridgehead atoms. The van der Waals surface area contributed by atoms with Crippen LogP contribution in [-0.4, -0.2) is 23.3 Å². The summed E-state index contributed by atoms with van der Waals surface area (Å²) >= 11 is 6.47. The third-order valence-electron chi connectivity index (χ3n) is 5.22. The van der Waals surface area contributed by atoms with E-state index >= 15 is 0 Å². The van der Waals surface area contributed by atoms with Crippen LogP contribution in [0.5, 0.6) is 0 Å². The minimum Gasteiger partial charge on any atom is -0.379 e. The fourth-order valence-corrected chi connectivity index (χ4v) is 4.55. The highest BCUT2D eigenvalue weighted by Gasteiger charge is 2.18. The zero-order valence-electron chi connectivity index (χ0n) is 18.0. The lowest BCUT2D eigenvalue weighted by Crippen LogP contribution is -2.10. The highest BCUT2D eigenvalue weighted by atomic mass is 35.5. The molecule has 2 aromatic carbocycles. The van der Waals surface area contributed by atoms with Gasteiger partial charge in [-0.2, -0.15) is 0 Å². The molecular weight excluding hydrogens is 473 g/mol. The fraction of sp³-hybridized carbons (Fsp3) is 0.167. The number of halogens is 5. The number of aromatic nitrogens is 2. The van der Waals surface area contributed by atoms with Crippen LogP contribution >= 0.6 is 19.5 Å². The van der Waals surface area contributed by atoms with Gasteiger partial charge in [-0.25, -0.2) is 17.6 Å². The molecule has 0 radical (unpaired) electrons. The molecule has 0 aliphatic rings. The highest BCUT2D eigenvalue weighted by molar-refractivity contribution is 7.63. The van der Waals surface area contributed by atoms with E-state index < -0.39 is 31.2 Å². The van der Waals surface area contributed by atoms with Crippen LogP contribution < -0.4 is 10.8 Å². The van der Waals surface area contributed by atoms with Crippen LogP contribution in [0.2, 0.25) is 5.02 Å². The molecule has 4 rings (SSSR count). The van der Waals surface area contributed by atoms with Gasteiger partial charge in [-0.3, -0.25) is 9.97 Å². The number of fused-ring (bicyclic) bond motifs is 1. The Labute approximate surface area is 194 Å². The summed E-state index contributed by atoms with van der Waals surface area (Å²) in [6.45, 7) is 5.36. The van der Waals surface area contributed by atoms with Crippen molar-refractivity contribution in [3.05, 3.63) is 82.1 Å². The molecule has 1 N–H and O–H groups in total. The molecule has 9 heteroatoms. The van der Waals surface area contributed by atoms with Gasteiger partial charge in [0.2, 0.25) is 0 Å². The smallest absolute Gasteiger partial charge is 0.163 e. The van der Waals surface area contributed by atoms with Crippen molar-refractivity contribution in [1.82, 2.24) is 9.97 Å². The molecule has 0 atom stereocenters. The van der Waals surface area contributed by atoms with E-state index in [4.69, 9.17) is 11.6 Å². The fourth-order valence-electron chi connectivity index (χ4n) is 3.55. The zero-order valence-corrected chi connectivity index (χ0v) is 19.6. The Morgan fingerprint density at radius 2 is 1.76 bits per heavy atom. The number of hydrogen-bond donors (Lipinski definition) is 1. The molecule has 4 aromatic rings. The van der Waals surface area contributed by atoms with E-state index in [0.717, 1.165) is 6.07 Å². The van der Waals surface area contributed by atoms with E-state index in [2.05, 4.69) is 15.3 Å². The average Bonchev–Trinajstić information content (AvgIpc) is 2.76. The van der Waals surface area contributed by atoms with Crippen LogP contribution in [0, 0.1) is 30.2 Å². The van der Waals surface area contributed by atoms with Crippen LogP contribution in [-0.2, 0) is 6.54 Å². The third-order valence-corrected chi connectivity index (χ3v) is 6.86. The first kappa shape index (κ1) is 23.4.